The van der Waals surface area contributed by atoms with Gasteiger partial charge >= 0.3 is 5.97 Å². The summed E-state index contributed by atoms with van der Waals surface area (Å²) in [4.78, 5) is 23.3. The Labute approximate surface area is 118 Å². The van der Waals surface area contributed by atoms with Gasteiger partial charge in [-0.25, -0.2) is 4.79 Å². The van der Waals surface area contributed by atoms with E-state index in [2.05, 4.69) is 29.4 Å². The van der Waals surface area contributed by atoms with Crippen LogP contribution in [0.1, 0.15) is 56.4 Å². The van der Waals surface area contributed by atoms with Gasteiger partial charge in [0.05, 0.1) is 0 Å². The maximum Gasteiger partial charge on any atom is 0.353 e. The number of hydrogen-bond acceptors (Lipinski definition) is 3. The predicted molar refractivity (Wildman–Crippen MR) is 74.5 cm³/mol. The van der Waals surface area contributed by atoms with Gasteiger partial charge in [-0.3, -0.25) is 9.89 Å². The number of anilines is 1. The lowest BCUT2D eigenvalue weighted by Crippen LogP contribution is -2.35. The molecule has 0 atom stereocenters. The predicted octanol–water partition coefficient (Wildman–Crippen LogP) is 2.65. The lowest BCUT2D eigenvalue weighted by molar-refractivity contribution is -0.126. The summed E-state index contributed by atoms with van der Waals surface area (Å²) in [5, 5.41) is 17.8. The highest BCUT2D eigenvalue weighted by Crippen LogP contribution is 2.43. The lowest BCUT2D eigenvalue weighted by atomic mass is 9.77. The van der Waals surface area contributed by atoms with Crippen LogP contribution in [0.2, 0.25) is 0 Å². The smallest absolute Gasteiger partial charge is 0.353 e. The van der Waals surface area contributed by atoms with Crippen molar-refractivity contribution >= 4 is 17.7 Å². The van der Waals surface area contributed by atoms with Gasteiger partial charge in [0.2, 0.25) is 5.91 Å². The first-order valence-corrected chi connectivity index (χ1v) is 7.03. The molecule has 1 aromatic rings. The molecular formula is C14H21N3O3. The number of carbonyl (C=O) groups is 2. The van der Waals surface area contributed by atoms with Crippen molar-refractivity contribution in [3.8, 4) is 0 Å². The molecule has 6 heteroatoms. The average molecular weight is 279 g/mol. The molecule has 6 nitrogen and oxygen atoms in total. The zero-order chi connectivity index (χ0) is 14.8. The van der Waals surface area contributed by atoms with Crippen molar-refractivity contribution in [2.45, 2.75) is 46.0 Å². The minimum Gasteiger partial charge on any atom is -0.477 e. The van der Waals surface area contributed by atoms with Crippen molar-refractivity contribution in [3.63, 3.8) is 0 Å². The number of carbonyl (C=O) groups excluding carboxylic acids is 1. The molecular weight excluding hydrogens is 258 g/mol. The third-order valence-corrected chi connectivity index (χ3v) is 3.89. The molecule has 1 aromatic heterocycles. The fraction of sp³-hybridized carbons (Fsp3) is 0.643. The second kappa shape index (κ2) is 5.64. The van der Waals surface area contributed by atoms with E-state index in [9.17, 15) is 9.59 Å². The zero-order valence-corrected chi connectivity index (χ0v) is 11.9. The normalized spacial score (nSPS) is 17.4. The van der Waals surface area contributed by atoms with Gasteiger partial charge in [-0.05, 0) is 25.2 Å². The van der Waals surface area contributed by atoms with E-state index in [1.165, 1.54) is 6.07 Å². The Morgan fingerprint density at radius 2 is 2.10 bits per heavy atom. The summed E-state index contributed by atoms with van der Waals surface area (Å²) in [6.07, 6.45) is 4.79. The Kier molecular flexibility index (Phi) is 4.11. The van der Waals surface area contributed by atoms with Crippen LogP contribution in [-0.4, -0.2) is 27.2 Å². The standard InChI is InChI=1S/C14H21N3O3/c1-9(2)8-14(5-3-4-6-14)13(20)15-11-7-10(12(18)19)16-17-11/h7,9H,3-6,8H2,1-2H3,(H,18,19)(H2,15,16,17,20). The number of aromatic carboxylic acids is 1. The van der Waals surface area contributed by atoms with Crippen molar-refractivity contribution in [2.24, 2.45) is 11.3 Å². The van der Waals surface area contributed by atoms with Crippen LogP contribution in [0, 0.1) is 11.3 Å². The maximum atomic E-state index is 12.5. The number of nitrogens with one attached hydrogen (secondary N) is 2. The molecule has 1 amide bonds. The molecule has 1 heterocycles. The first-order chi connectivity index (χ1) is 9.43. The van der Waals surface area contributed by atoms with E-state index in [0.29, 0.717) is 5.92 Å². The summed E-state index contributed by atoms with van der Waals surface area (Å²) in [5.41, 5.74) is -0.346. The summed E-state index contributed by atoms with van der Waals surface area (Å²) in [7, 11) is 0. The Hall–Kier alpha value is -1.85. The van der Waals surface area contributed by atoms with Gasteiger partial charge in [0, 0.05) is 11.5 Å². The lowest BCUT2D eigenvalue weighted by Gasteiger charge is -2.29. The molecule has 0 aromatic carbocycles. The first-order valence-electron chi connectivity index (χ1n) is 7.03. The van der Waals surface area contributed by atoms with Crippen molar-refractivity contribution in [1.82, 2.24) is 10.2 Å². The summed E-state index contributed by atoms with van der Waals surface area (Å²) in [6.45, 7) is 4.23. The van der Waals surface area contributed by atoms with E-state index in [1.807, 2.05) is 0 Å². The maximum absolute atomic E-state index is 12.5. The number of amides is 1. The Morgan fingerprint density at radius 3 is 2.60 bits per heavy atom. The highest BCUT2D eigenvalue weighted by molar-refractivity contribution is 5.96. The van der Waals surface area contributed by atoms with Gasteiger partial charge in [0.15, 0.2) is 5.82 Å². The van der Waals surface area contributed by atoms with Crippen LogP contribution in [0.15, 0.2) is 6.07 Å². The third-order valence-electron chi connectivity index (χ3n) is 3.89. The molecule has 3 N–H and O–H groups in total. The van der Waals surface area contributed by atoms with Crippen LogP contribution >= 0.6 is 0 Å². The molecule has 1 aliphatic rings. The van der Waals surface area contributed by atoms with E-state index in [4.69, 9.17) is 5.11 Å². The number of carboxylic acid groups (broad SMARTS) is 1. The minimum absolute atomic E-state index is 0.0235. The number of hydrogen-bond donors (Lipinski definition) is 3. The van der Waals surface area contributed by atoms with Crippen molar-refractivity contribution in [3.05, 3.63) is 11.8 Å². The van der Waals surface area contributed by atoms with E-state index >= 15 is 0 Å². The van der Waals surface area contributed by atoms with Crippen molar-refractivity contribution < 1.29 is 14.7 Å². The highest BCUT2D eigenvalue weighted by Gasteiger charge is 2.41. The quantitative estimate of drug-likeness (QED) is 0.772. The number of H-pyrrole nitrogens is 1. The number of rotatable bonds is 5. The largest absolute Gasteiger partial charge is 0.477 e. The summed E-state index contributed by atoms with van der Waals surface area (Å²) >= 11 is 0. The van der Waals surface area contributed by atoms with E-state index in [1.54, 1.807) is 0 Å². The van der Waals surface area contributed by atoms with Gasteiger partial charge in [-0.2, -0.15) is 5.10 Å². The average Bonchev–Trinajstić information content (AvgIpc) is 2.98. The van der Waals surface area contributed by atoms with Crippen LogP contribution in [-0.2, 0) is 4.79 Å². The summed E-state index contributed by atoms with van der Waals surface area (Å²) in [6, 6.07) is 1.35. The molecule has 0 saturated heterocycles. The van der Waals surface area contributed by atoms with E-state index < -0.39 is 5.97 Å². The van der Waals surface area contributed by atoms with Gasteiger partial charge < -0.3 is 10.4 Å². The van der Waals surface area contributed by atoms with E-state index in [0.717, 1.165) is 32.1 Å². The molecule has 2 rings (SSSR count). The second-order valence-electron chi connectivity index (χ2n) is 6.01. The molecule has 0 spiro atoms. The third kappa shape index (κ3) is 3.00. The van der Waals surface area contributed by atoms with Crippen molar-refractivity contribution in [2.75, 3.05) is 5.32 Å². The topological polar surface area (TPSA) is 95.1 Å². The molecule has 1 aliphatic carbocycles. The molecule has 0 aliphatic heterocycles. The summed E-state index contributed by atoms with van der Waals surface area (Å²) < 4.78 is 0. The number of aromatic nitrogens is 2. The Morgan fingerprint density at radius 1 is 1.45 bits per heavy atom. The molecule has 20 heavy (non-hydrogen) atoms. The monoisotopic (exact) mass is 279 g/mol. The van der Waals surface area contributed by atoms with Crippen LogP contribution in [0.3, 0.4) is 0 Å². The highest BCUT2D eigenvalue weighted by atomic mass is 16.4. The number of nitrogens with zero attached hydrogens (tertiary/aromatic N) is 1. The molecule has 0 unspecified atom stereocenters. The van der Waals surface area contributed by atoms with Crippen LogP contribution in [0.5, 0.6) is 0 Å². The van der Waals surface area contributed by atoms with Crippen LogP contribution in [0.25, 0.3) is 0 Å². The molecule has 1 fully saturated rings. The number of carboxylic acids is 1. The van der Waals surface area contributed by atoms with Gasteiger partial charge in [0.1, 0.15) is 5.69 Å². The van der Waals surface area contributed by atoms with Gasteiger partial charge in [0.25, 0.3) is 0 Å². The molecule has 0 bridgehead atoms. The first kappa shape index (κ1) is 14.6. The van der Waals surface area contributed by atoms with Crippen LogP contribution in [0.4, 0.5) is 5.82 Å². The number of aromatic amines is 1. The van der Waals surface area contributed by atoms with Crippen molar-refractivity contribution in [1.29, 1.82) is 0 Å². The second-order valence-corrected chi connectivity index (χ2v) is 6.01. The zero-order valence-electron chi connectivity index (χ0n) is 11.9. The SMILES string of the molecule is CC(C)CC1(C(=O)Nc2cc(C(=O)O)[nH]n2)CCCC1. The molecule has 0 radical (unpaired) electrons. The van der Waals surface area contributed by atoms with E-state index in [-0.39, 0.29) is 22.8 Å². The minimum atomic E-state index is -1.09. The molecule has 1 saturated carbocycles. The van der Waals surface area contributed by atoms with Gasteiger partial charge in [-0.15, -0.1) is 0 Å². The summed E-state index contributed by atoms with van der Waals surface area (Å²) in [5.74, 6) is -0.391. The van der Waals surface area contributed by atoms with Crippen LogP contribution < -0.4 is 5.32 Å². The fourth-order valence-electron chi connectivity index (χ4n) is 3.10. The fourth-order valence-corrected chi connectivity index (χ4v) is 3.10. The Bertz CT molecular complexity index is 502. The Balaban J connectivity index is 2.10. The molecule has 110 valence electrons. The van der Waals surface area contributed by atoms with Gasteiger partial charge in [-0.1, -0.05) is 26.7 Å².